The van der Waals surface area contributed by atoms with Gasteiger partial charge in [-0.1, -0.05) is 6.92 Å². The Labute approximate surface area is 109 Å². The monoisotopic (exact) mass is 255 g/mol. The van der Waals surface area contributed by atoms with E-state index in [9.17, 15) is 4.79 Å². The zero-order valence-electron chi connectivity index (χ0n) is 11.3. The van der Waals surface area contributed by atoms with Crippen LogP contribution in [0.15, 0.2) is 0 Å². The van der Waals surface area contributed by atoms with Gasteiger partial charge in [0.1, 0.15) is 0 Å². The predicted octanol–water partition coefficient (Wildman–Crippen LogP) is -0.177. The summed E-state index contributed by atoms with van der Waals surface area (Å²) in [5, 5.41) is 6.36. The largest absolute Gasteiger partial charge is 0.378 e. The minimum Gasteiger partial charge on any atom is -0.378 e. The number of morpholine rings is 1. The van der Waals surface area contributed by atoms with Gasteiger partial charge >= 0.3 is 0 Å². The molecule has 5 nitrogen and oxygen atoms in total. The Morgan fingerprint density at radius 2 is 2.44 bits per heavy atom. The SMILES string of the molecule is CCN1CCC(CNC(=O)CC2COCCN2)C1. The Hall–Kier alpha value is -0.650. The van der Waals surface area contributed by atoms with E-state index in [1.165, 1.54) is 13.0 Å². The number of carbonyl (C=O) groups excluding carboxylic acids is 1. The maximum atomic E-state index is 11.8. The van der Waals surface area contributed by atoms with Gasteiger partial charge in [-0.25, -0.2) is 0 Å². The Balaban J connectivity index is 1.59. The van der Waals surface area contributed by atoms with Crippen molar-refractivity contribution in [2.45, 2.75) is 25.8 Å². The van der Waals surface area contributed by atoms with Crippen molar-refractivity contribution < 1.29 is 9.53 Å². The van der Waals surface area contributed by atoms with Crippen molar-refractivity contribution >= 4 is 5.91 Å². The van der Waals surface area contributed by atoms with Crippen LogP contribution in [0.1, 0.15) is 19.8 Å². The van der Waals surface area contributed by atoms with Crippen molar-refractivity contribution in [2.24, 2.45) is 5.92 Å². The van der Waals surface area contributed by atoms with E-state index < -0.39 is 0 Å². The van der Waals surface area contributed by atoms with Crippen molar-refractivity contribution in [3.63, 3.8) is 0 Å². The molecular formula is C13H25N3O2. The molecule has 0 radical (unpaired) electrons. The van der Waals surface area contributed by atoms with Gasteiger partial charge in [-0.15, -0.1) is 0 Å². The Morgan fingerprint density at radius 3 is 3.11 bits per heavy atom. The second-order valence-electron chi connectivity index (χ2n) is 5.28. The van der Waals surface area contributed by atoms with E-state index in [4.69, 9.17) is 4.74 Å². The molecule has 2 heterocycles. The zero-order valence-corrected chi connectivity index (χ0v) is 11.3. The molecule has 2 N–H and O–H groups in total. The smallest absolute Gasteiger partial charge is 0.221 e. The van der Waals surface area contributed by atoms with Gasteiger partial charge in [0, 0.05) is 32.1 Å². The Bertz CT molecular complexity index is 267. The summed E-state index contributed by atoms with van der Waals surface area (Å²) in [5.41, 5.74) is 0. The summed E-state index contributed by atoms with van der Waals surface area (Å²) in [7, 11) is 0. The highest BCUT2D eigenvalue weighted by Crippen LogP contribution is 2.14. The van der Waals surface area contributed by atoms with Crippen LogP contribution in [0.2, 0.25) is 0 Å². The molecule has 2 aliphatic rings. The number of nitrogens with zero attached hydrogens (tertiary/aromatic N) is 1. The molecule has 0 aromatic carbocycles. The van der Waals surface area contributed by atoms with Gasteiger partial charge in [0.15, 0.2) is 0 Å². The second-order valence-corrected chi connectivity index (χ2v) is 5.28. The second kappa shape index (κ2) is 7.07. The summed E-state index contributed by atoms with van der Waals surface area (Å²) in [5.74, 6) is 0.775. The lowest BCUT2D eigenvalue weighted by Gasteiger charge is -2.23. The van der Waals surface area contributed by atoms with Crippen molar-refractivity contribution in [2.75, 3.05) is 45.9 Å². The molecule has 5 heteroatoms. The topological polar surface area (TPSA) is 53.6 Å². The molecule has 2 atom stereocenters. The molecule has 0 bridgehead atoms. The molecule has 2 unspecified atom stereocenters. The number of rotatable bonds is 5. The highest BCUT2D eigenvalue weighted by Gasteiger charge is 2.22. The minimum absolute atomic E-state index is 0.146. The first-order valence-electron chi connectivity index (χ1n) is 7.08. The summed E-state index contributed by atoms with van der Waals surface area (Å²) in [6.45, 7) is 8.70. The van der Waals surface area contributed by atoms with Gasteiger partial charge in [0.25, 0.3) is 0 Å². The van der Waals surface area contributed by atoms with Crippen LogP contribution in [0, 0.1) is 5.92 Å². The van der Waals surface area contributed by atoms with Crippen LogP contribution < -0.4 is 10.6 Å². The number of hydrogen-bond acceptors (Lipinski definition) is 4. The van der Waals surface area contributed by atoms with Crippen molar-refractivity contribution in [1.29, 1.82) is 0 Å². The molecule has 104 valence electrons. The molecule has 2 aliphatic heterocycles. The van der Waals surface area contributed by atoms with Gasteiger partial charge in [-0.3, -0.25) is 4.79 Å². The third kappa shape index (κ3) is 4.23. The molecule has 1 amide bonds. The molecule has 2 fully saturated rings. The van der Waals surface area contributed by atoms with E-state index >= 15 is 0 Å². The van der Waals surface area contributed by atoms with E-state index in [-0.39, 0.29) is 11.9 Å². The summed E-state index contributed by atoms with van der Waals surface area (Å²) >= 11 is 0. The number of carbonyl (C=O) groups is 1. The Morgan fingerprint density at radius 1 is 1.56 bits per heavy atom. The molecule has 2 rings (SSSR count). The molecular weight excluding hydrogens is 230 g/mol. The average molecular weight is 255 g/mol. The molecule has 0 saturated carbocycles. The molecule has 0 spiro atoms. The van der Waals surface area contributed by atoms with E-state index in [1.54, 1.807) is 0 Å². The van der Waals surface area contributed by atoms with Crippen LogP contribution in [-0.2, 0) is 9.53 Å². The maximum Gasteiger partial charge on any atom is 0.221 e. The fraction of sp³-hybridized carbons (Fsp3) is 0.923. The quantitative estimate of drug-likeness (QED) is 0.716. The summed E-state index contributed by atoms with van der Waals surface area (Å²) in [4.78, 5) is 14.2. The summed E-state index contributed by atoms with van der Waals surface area (Å²) in [6.07, 6.45) is 1.74. The predicted molar refractivity (Wildman–Crippen MR) is 70.5 cm³/mol. The van der Waals surface area contributed by atoms with E-state index in [2.05, 4.69) is 22.5 Å². The lowest BCUT2D eigenvalue weighted by molar-refractivity contribution is -0.122. The van der Waals surface area contributed by atoms with Crippen LogP contribution in [0.3, 0.4) is 0 Å². The van der Waals surface area contributed by atoms with Gasteiger partial charge < -0.3 is 20.3 Å². The molecule has 2 saturated heterocycles. The van der Waals surface area contributed by atoms with Crippen molar-refractivity contribution in [3.8, 4) is 0 Å². The zero-order chi connectivity index (χ0) is 12.8. The number of ether oxygens (including phenoxy) is 1. The highest BCUT2D eigenvalue weighted by molar-refractivity contribution is 5.76. The standard InChI is InChI=1S/C13H25N3O2/c1-2-16-5-3-11(9-16)8-15-13(17)7-12-10-18-6-4-14-12/h11-12,14H,2-10H2,1H3,(H,15,17). The van der Waals surface area contributed by atoms with Crippen LogP contribution >= 0.6 is 0 Å². The molecule has 0 aliphatic carbocycles. The third-order valence-corrected chi connectivity index (χ3v) is 3.84. The Kier molecular flexibility index (Phi) is 5.41. The molecule has 0 aromatic heterocycles. The van der Waals surface area contributed by atoms with Gasteiger partial charge in [0.2, 0.25) is 5.91 Å². The molecule has 0 aromatic rings. The van der Waals surface area contributed by atoms with Crippen LogP contribution in [0.4, 0.5) is 0 Å². The van der Waals surface area contributed by atoms with Crippen molar-refractivity contribution in [3.05, 3.63) is 0 Å². The maximum absolute atomic E-state index is 11.8. The summed E-state index contributed by atoms with van der Waals surface area (Å²) in [6, 6.07) is 0.189. The van der Waals surface area contributed by atoms with Crippen LogP contribution in [0.25, 0.3) is 0 Å². The van der Waals surface area contributed by atoms with Crippen LogP contribution in [-0.4, -0.2) is 62.8 Å². The summed E-state index contributed by atoms with van der Waals surface area (Å²) < 4.78 is 5.34. The van der Waals surface area contributed by atoms with Gasteiger partial charge in [-0.2, -0.15) is 0 Å². The van der Waals surface area contributed by atoms with E-state index in [0.29, 0.717) is 18.9 Å². The van der Waals surface area contributed by atoms with Crippen LogP contribution in [0.5, 0.6) is 0 Å². The first-order chi connectivity index (χ1) is 8.78. The lowest BCUT2D eigenvalue weighted by Crippen LogP contribution is -2.44. The first-order valence-corrected chi connectivity index (χ1v) is 7.08. The number of likely N-dealkylation sites (tertiary alicyclic amines) is 1. The highest BCUT2D eigenvalue weighted by atomic mass is 16.5. The first kappa shape index (κ1) is 13.8. The van der Waals surface area contributed by atoms with Gasteiger partial charge in [-0.05, 0) is 25.4 Å². The number of nitrogens with one attached hydrogen (secondary N) is 2. The number of hydrogen-bond donors (Lipinski definition) is 2. The fourth-order valence-electron chi connectivity index (χ4n) is 2.67. The van der Waals surface area contributed by atoms with Gasteiger partial charge in [0.05, 0.1) is 13.2 Å². The van der Waals surface area contributed by atoms with Crippen molar-refractivity contribution in [1.82, 2.24) is 15.5 Å². The minimum atomic E-state index is 0.146. The number of amides is 1. The van der Waals surface area contributed by atoms with E-state index in [0.717, 1.165) is 32.8 Å². The lowest BCUT2D eigenvalue weighted by atomic mass is 10.1. The average Bonchev–Trinajstić information content (AvgIpc) is 2.85. The van der Waals surface area contributed by atoms with E-state index in [1.807, 2.05) is 0 Å². The fourth-order valence-corrected chi connectivity index (χ4v) is 2.67. The normalized spacial score (nSPS) is 29.4. The third-order valence-electron chi connectivity index (χ3n) is 3.84. The molecule has 18 heavy (non-hydrogen) atoms.